The van der Waals surface area contributed by atoms with E-state index in [9.17, 15) is 4.79 Å². The Hall–Kier alpha value is -0.120. The highest BCUT2D eigenvalue weighted by Gasteiger charge is 2.61. The molecule has 2 atom stereocenters. The minimum absolute atomic E-state index is 0.00133. The predicted molar refractivity (Wildman–Crippen MR) is 97.3 cm³/mol. The van der Waals surface area contributed by atoms with Crippen LogP contribution in [-0.2, 0) is 4.79 Å². The van der Waals surface area contributed by atoms with E-state index in [1.54, 1.807) is 0 Å². The summed E-state index contributed by atoms with van der Waals surface area (Å²) in [6.45, 7) is 7.99. The van der Waals surface area contributed by atoms with E-state index in [2.05, 4.69) is 6.08 Å². The lowest BCUT2D eigenvalue weighted by atomic mass is 10.1. The van der Waals surface area contributed by atoms with Crippen LogP contribution < -0.4 is 4.74 Å². The van der Waals surface area contributed by atoms with Crippen molar-refractivity contribution in [3.8, 4) is 5.75 Å². The van der Waals surface area contributed by atoms with Crippen molar-refractivity contribution >= 4 is 64.0 Å². The van der Waals surface area contributed by atoms with Gasteiger partial charge in [-0.2, -0.15) is 0 Å². The van der Waals surface area contributed by atoms with E-state index in [1.165, 1.54) is 0 Å². The molecule has 0 saturated heterocycles. The summed E-state index contributed by atoms with van der Waals surface area (Å²) in [5, 5.41) is -0.0338. The van der Waals surface area contributed by atoms with Gasteiger partial charge in [-0.25, -0.2) is 0 Å². The highest BCUT2D eigenvalue weighted by Crippen LogP contribution is 2.60. The number of benzene rings is 1. The molecule has 1 saturated carbocycles. The average Bonchev–Trinajstić information content (AvgIpc) is 2.99. The van der Waals surface area contributed by atoms with E-state index in [0.717, 1.165) is 5.57 Å². The first kappa shape index (κ1) is 19.2. The molecule has 2 nitrogen and oxygen atoms in total. The van der Waals surface area contributed by atoms with E-state index in [1.807, 2.05) is 27.7 Å². The number of hydrogen-bond acceptors (Lipinski definition) is 2. The number of carbonyl (C=O) groups is 1. The SMILES string of the molecule is CC(C)=C[C@H]1[C@@H](C(=O)Oc2c(Cl)c(Cl)c(Cl)c(Cl)c2Cl)C1(C)C. The molecule has 23 heavy (non-hydrogen) atoms. The second kappa shape index (κ2) is 6.65. The zero-order chi connectivity index (χ0) is 17.7. The van der Waals surface area contributed by atoms with Crippen LogP contribution in [0.15, 0.2) is 11.6 Å². The Morgan fingerprint density at radius 2 is 1.39 bits per heavy atom. The van der Waals surface area contributed by atoms with Crippen molar-refractivity contribution in [3.63, 3.8) is 0 Å². The summed E-state index contributed by atoms with van der Waals surface area (Å²) in [6, 6.07) is 0. The average molecular weight is 417 g/mol. The fraction of sp³-hybridized carbons (Fsp3) is 0.438. The summed E-state index contributed by atoms with van der Waals surface area (Å²) in [5.74, 6) is -0.652. The summed E-state index contributed by atoms with van der Waals surface area (Å²) < 4.78 is 5.40. The summed E-state index contributed by atoms with van der Waals surface area (Å²) in [4.78, 5) is 12.5. The van der Waals surface area contributed by atoms with Gasteiger partial charge in [0.2, 0.25) is 0 Å². The molecule has 1 aromatic carbocycles. The van der Waals surface area contributed by atoms with E-state index in [4.69, 9.17) is 62.7 Å². The number of esters is 1. The minimum atomic E-state index is -0.421. The molecule has 126 valence electrons. The van der Waals surface area contributed by atoms with Crippen LogP contribution in [0.2, 0.25) is 25.1 Å². The van der Waals surface area contributed by atoms with Crippen LogP contribution in [0.5, 0.6) is 5.75 Å². The quantitative estimate of drug-likeness (QED) is 0.173. The molecule has 1 aliphatic rings. The second-order valence-corrected chi connectivity index (χ2v) is 8.28. The molecular formula is C16H15Cl5O2. The van der Waals surface area contributed by atoms with Gasteiger partial charge < -0.3 is 4.74 Å². The fourth-order valence-electron chi connectivity index (χ4n) is 2.64. The second-order valence-electron chi connectivity index (χ2n) is 6.39. The zero-order valence-corrected chi connectivity index (χ0v) is 16.7. The number of carbonyl (C=O) groups excluding carboxylic acids is 1. The van der Waals surface area contributed by atoms with Gasteiger partial charge in [0.1, 0.15) is 10.0 Å². The van der Waals surface area contributed by atoms with Crippen molar-refractivity contribution in [1.82, 2.24) is 0 Å². The summed E-state index contributed by atoms with van der Waals surface area (Å²) in [5.41, 5.74) is 0.958. The highest BCUT2D eigenvalue weighted by molar-refractivity contribution is 6.55. The molecule has 0 N–H and O–H groups in total. The monoisotopic (exact) mass is 414 g/mol. The topological polar surface area (TPSA) is 26.3 Å². The highest BCUT2D eigenvalue weighted by atomic mass is 35.5. The molecule has 7 heteroatoms. The van der Waals surface area contributed by atoms with Gasteiger partial charge in [0.15, 0.2) is 5.75 Å². The van der Waals surface area contributed by atoms with Gasteiger partial charge in [-0.05, 0) is 25.2 Å². The van der Waals surface area contributed by atoms with Crippen LogP contribution in [0.25, 0.3) is 0 Å². The third-order valence-electron chi connectivity index (χ3n) is 4.05. The molecule has 2 rings (SSSR count). The number of rotatable bonds is 3. The lowest BCUT2D eigenvalue weighted by Crippen LogP contribution is -2.14. The zero-order valence-electron chi connectivity index (χ0n) is 12.9. The molecule has 1 aliphatic carbocycles. The van der Waals surface area contributed by atoms with Crippen LogP contribution in [0.4, 0.5) is 0 Å². The standard InChI is InChI=1S/C16H15Cl5O2/c1-6(2)5-7-8(16(7,3)4)15(22)23-14-12(20)10(18)9(17)11(19)13(14)21/h5,7-8H,1-4H3/t7-,8-/m0/s1. The molecule has 0 radical (unpaired) electrons. The van der Waals surface area contributed by atoms with Gasteiger partial charge in [-0.15, -0.1) is 0 Å². The smallest absolute Gasteiger partial charge is 0.315 e. The van der Waals surface area contributed by atoms with Gasteiger partial charge in [0.25, 0.3) is 0 Å². The largest absolute Gasteiger partial charge is 0.423 e. The molecular weight excluding hydrogens is 401 g/mol. The predicted octanol–water partition coefficient (Wildman–Crippen LogP) is 7.10. The van der Waals surface area contributed by atoms with Gasteiger partial charge >= 0.3 is 5.97 Å². The lowest BCUT2D eigenvalue weighted by molar-refractivity contribution is -0.136. The third-order valence-corrected chi connectivity index (χ3v) is 6.29. The fourth-order valence-corrected chi connectivity index (χ4v) is 3.83. The van der Waals surface area contributed by atoms with E-state index >= 15 is 0 Å². The van der Waals surface area contributed by atoms with E-state index in [-0.39, 0.29) is 48.1 Å². The van der Waals surface area contributed by atoms with Crippen molar-refractivity contribution in [3.05, 3.63) is 36.8 Å². The Morgan fingerprint density at radius 1 is 0.957 bits per heavy atom. The molecule has 0 unspecified atom stereocenters. The first-order chi connectivity index (χ1) is 10.5. The number of allylic oxidation sites excluding steroid dienone is 2. The molecule has 0 amide bonds. The molecule has 1 fully saturated rings. The molecule has 0 aliphatic heterocycles. The van der Waals surface area contributed by atoms with Crippen LogP contribution >= 0.6 is 58.0 Å². The lowest BCUT2D eigenvalue weighted by Gasteiger charge is -2.12. The van der Waals surface area contributed by atoms with Crippen molar-refractivity contribution in [2.24, 2.45) is 17.3 Å². The number of ether oxygens (including phenoxy) is 1. The Morgan fingerprint density at radius 3 is 1.83 bits per heavy atom. The Bertz CT molecular complexity index is 676. The first-order valence-corrected chi connectivity index (χ1v) is 8.77. The van der Waals surface area contributed by atoms with Crippen molar-refractivity contribution in [1.29, 1.82) is 0 Å². The maximum absolute atomic E-state index is 12.5. The Balaban J connectivity index is 2.31. The third kappa shape index (κ3) is 3.48. The van der Waals surface area contributed by atoms with Gasteiger partial charge in [-0.3, -0.25) is 4.79 Å². The van der Waals surface area contributed by atoms with Gasteiger partial charge in [0.05, 0.1) is 21.0 Å². The van der Waals surface area contributed by atoms with Crippen molar-refractivity contribution in [2.75, 3.05) is 0 Å². The summed E-state index contributed by atoms with van der Waals surface area (Å²) >= 11 is 30.1. The molecule has 0 bridgehead atoms. The van der Waals surface area contributed by atoms with Crippen LogP contribution in [-0.4, -0.2) is 5.97 Å². The Labute approximate surface area is 160 Å². The van der Waals surface area contributed by atoms with Crippen LogP contribution in [0, 0.1) is 17.3 Å². The van der Waals surface area contributed by atoms with E-state index in [0.29, 0.717) is 0 Å². The van der Waals surface area contributed by atoms with Crippen LogP contribution in [0.3, 0.4) is 0 Å². The molecule has 1 aromatic rings. The van der Waals surface area contributed by atoms with Crippen molar-refractivity contribution in [2.45, 2.75) is 27.7 Å². The molecule has 0 heterocycles. The number of halogens is 5. The van der Waals surface area contributed by atoms with Crippen molar-refractivity contribution < 1.29 is 9.53 Å². The maximum Gasteiger partial charge on any atom is 0.315 e. The minimum Gasteiger partial charge on any atom is -0.423 e. The normalized spacial score (nSPS) is 21.8. The number of hydrogen-bond donors (Lipinski definition) is 0. The maximum atomic E-state index is 12.5. The van der Waals surface area contributed by atoms with E-state index < -0.39 is 5.97 Å². The molecule has 0 spiro atoms. The summed E-state index contributed by atoms with van der Waals surface area (Å²) in [6.07, 6.45) is 2.07. The molecule has 0 aromatic heterocycles. The van der Waals surface area contributed by atoms with Gasteiger partial charge in [0, 0.05) is 0 Å². The first-order valence-electron chi connectivity index (χ1n) is 6.88. The van der Waals surface area contributed by atoms with Crippen LogP contribution in [0.1, 0.15) is 27.7 Å². The van der Waals surface area contributed by atoms with Gasteiger partial charge in [-0.1, -0.05) is 83.5 Å². The summed E-state index contributed by atoms with van der Waals surface area (Å²) in [7, 11) is 0. The Kier molecular flexibility index (Phi) is 5.55.